The standard InChI is InChI=1S/C8H7ClO2.C7H5ClO2/c1-11-8-3-2-7(9)4-6(8)5-10;8-6-1-2-7(10)5(3-6)4-9/h2-5H,1H3;1-4,10H. The van der Waals surface area contributed by atoms with Crippen LogP contribution in [0.4, 0.5) is 0 Å². The van der Waals surface area contributed by atoms with E-state index in [1.54, 1.807) is 18.2 Å². The van der Waals surface area contributed by atoms with E-state index < -0.39 is 0 Å². The van der Waals surface area contributed by atoms with E-state index in [9.17, 15) is 9.59 Å². The van der Waals surface area contributed by atoms with Crippen LogP contribution in [0.25, 0.3) is 0 Å². The van der Waals surface area contributed by atoms with Crippen molar-refractivity contribution in [3.63, 3.8) is 0 Å². The fraction of sp³-hybridized carbons (Fsp3) is 0.0667. The molecule has 0 heterocycles. The van der Waals surface area contributed by atoms with E-state index in [2.05, 4.69) is 0 Å². The molecule has 0 saturated carbocycles. The first-order valence-corrected chi connectivity index (χ1v) is 6.49. The molecule has 4 nitrogen and oxygen atoms in total. The summed E-state index contributed by atoms with van der Waals surface area (Å²) in [5, 5.41) is 9.92. The van der Waals surface area contributed by atoms with Crippen molar-refractivity contribution in [2.45, 2.75) is 0 Å². The van der Waals surface area contributed by atoms with Crippen LogP contribution in [0.2, 0.25) is 10.0 Å². The van der Waals surface area contributed by atoms with Crippen LogP contribution < -0.4 is 4.74 Å². The minimum absolute atomic E-state index is 0.0422. The lowest BCUT2D eigenvalue weighted by Gasteiger charge is -2.01. The van der Waals surface area contributed by atoms with Crippen molar-refractivity contribution in [3.8, 4) is 11.5 Å². The Hall–Kier alpha value is -2.04. The Labute approximate surface area is 131 Å². The molecule has 0 spiro atoms. The average molecular weight is 327 g/mol. The summed E-state index contributed by atoms with van der Waals surface area (Å²) in [5.41, 5.74) is 0.688. The van der Waals surface area contributed by atoms with E-state index in [4.69, 9.17) is 33.0 Å². The van der Waals surface area contributed by atoms with Crippen molar-refractivity contribution >= 4 is 35.8 Å². The third kappa shape index (κ3) is 5.10. The number of hydrogen-bond donors (Lipinski definition) is 1. The molecule has 0 fully saturated rings. The Morgan fingerprint density at radius 1 is 0.952 bits per heavy atom. The largest absolute Gasteiger partial charge is 0.507 e. The molecule has 2 rings (SSSR count). The Morgan fingerprint density at radius 2 is 1.48 bits per heavy atom. The predicted molar refractivity (Wildman–Crippen MR) is 81.9 cm³/mol. The molecule has 0 unspecified atom stereocenters. The first-order valence-electron chi connectivity index (χ1n) is 5.74. The van der Waals surface area contributed by atoms with Gasteiger partial charge in [-0.2, -0.15) is 0 Å². The summed E-state index contributed by atoms with van der Waals surface area (Å²) in [4.78, 5) is 20.6. The van der Waals surface area contributed by atoms with Crippen molar-refractivity contribution < 1.29 is 19.4 Å². The van der Waals surface area contributed by atoms with Crippen molar-refractivity contribution in [1.82, 2.24) is 0 Å². The third-order valence-corrected chi connectivity index (χ3v) is 2.91. The van der Waals surface area contributed by atoms with Crippen LogP contribution in [0.1, 0.15) is 20.7 Å². The molecule has 0 aliphatic carbocycles. The molecule has 0 bridgehead atoms. The number of carbonyl (C=O) groups is 2. The Bertz CT molecular complexity index is 642. The molecule has 0 aliphatic rings. The van der Waals surface area contributed by atoms with Gasteiger partial charge in [-0.15, -0.1) is 0 Å². The summed E-state index contributed by atoms with van der Waals surface area (Å²) >= 11 is 11.2. The van der Waals surface area contributed by atoms with Gasteiger partial charge in [0, 0.05) is 10.0 Å². The lowest BCUT2D eigenvalue weighted by molar-refractivity contribution is 0.111. The number of ether oxygens (including phenoxy) is 1. The highest BCUT2D eigenvalue weighted by Gasteiger charge is 2.00. The summed E-state index contributed by atoms with van der Waals surface area (Å²) in [5.74, 6) is 0.504. The van der Waals surface area contributed by atoms with Gasteiger partial charge in [0.25, 0.3) is 0 Å². The zero-order valence-electron chi connectivity index (χ0n) is 11.0. The Morgan fingerprint density at radius 3 is 1.95 bits per heavy atom. The van der Waals surface area contributed by atoms with Gasteiger partial charge in [0.1, 0.15) is 11.5 Å². The maximum Gasteiger partial charge on any atom is 0.153 e. The highest BCUT2D eigenvalue weighted by molar-refractivity contribution is 6.31. The molecule has 0 atom stereocenters. The molecule has 1 N–H and O–H groups in total. The van der Waals surface area contributed by atoms with E-state index in [1.165, 1.54) is 25.3 Å². The first kappa shape index (κ1) is 17.0. The van der Waals surface area contributed by atoms with Gasteiger partial charge in [0.2, 0.25) is 0 Å². The summed E-state index contributed by atoms with van der Waals surface area (Å²) in [6, 6.07) is 9.20. The number of benzene rings is 2. The molecule has 110 valence electrons. The maximum atomic E-state index is 10.4. The van der Waals surface area contributed by atoms with Crippen LogP contribution >= 0.6 is 23.2 Å². The number of aromatic hydroxyl groups is 1. The van der Waals surface area contributed by atoms with Crippen molar-refractivity contribution in [2.24, 2.45) is 0 Å². The van der Waals surface area contributed by atoms with E-state index in [0.29, 0.717) is 33.9 Å². The lowest BCUT2D eigenvalue weighted by Crippen LogP contribution is -1.89. The quantitative estimate of drug-likeness (QED) is 0.865. The van der Waals surface area contributed by atoms with Crippen LogP contribution in [0.3, 0.4) is 0 Å². The zero-order chi connectivity index (χ0) is 15.8. The topological polar surface area (TPSA) is 63.6 Å². The monoisotopic (exact) mass is 326 g/mol. The van der Waals surface area contributed by atoms with E-state index in [-0.39, 0.29) is 11.3 Å². The number of carbonyl (C=O) groups excluding carboxylic acids is 2. The number of methoxy groups -OCH3 is 1. The van der Waals surface area contributed by atoms with E-state index in [0.717, 1.165) is 0 Å². The highest BCUT2D eigenvalue weighted by atomic mass is 35.5. The van der Waals surface area contributed by atoms with Gasteiger partial charge < -0.3 is 9.84 Å². The summed E-state index contributed by atoms with van der Waals surface area (Å²) in [7, 11) is 1.51. The number of halogens is 2. The minimum Gasteiger partial charge on any atom is -0.507 e. The van der Waals surface area contributed by atoms with Gasteiger partial charge in [-0.25, -0.2) is 0 Å². The third-order valence-electron chi connectivity index (χ3n) is 2.44. The van der Waals surface area contributed by atoms with Gasteiger partial charge in [-0.05, 0) is 36.4 Å². The molecule has 0 saturated heterocycles. The van der Waals surface area contributed by atoms with Crippen LogP contribution in [-0.2, 0) is 0 Å². The van der Waals surface area contributed by atoms with Crippen LogP contribution in [0, 0.1) is 0 Å². The minimum atomic E-state index is -0.0422. The van der Waals surface area contributed by atoms with E-state index in [1.807, 2.05) is 0 Å². The second-order valence-electron chi connectivity index (χ2n) is 3.83. The van der Waals surface area contributed by atoms with Crippen LogP contribution in [-0.4, -0.2) is 24.8 Å². The number of phenolic OH excluding ortho intramolecular Hbond substituents is 1. The Balaban J connectivity index is 0.000000211. The molecule has 0 aromatic heterocycles. The average Bonchev–Trinajstić information content (AvgIpc) is 2.50. The summed E-state index contributed by atoms with van der Waals surface area (Å²) < 4.78 is 4.90. The lowest BCUT2D eigenvalue weighted by atomic mass is 10.2. The molecule has 0 radical (unpaired) electrons. The molecule has 21 heavy (non-hydrogen) atoms. The molecular weight excluding hydrogens is 315 g/mol. The fourth-order valence-electron chi connectivity index (χ4n) is 1.42. The van der Waals surface area contributed by atoms with Crippen molar-refractivity contribution in [1.29, 1.82) is 0 Å². The van der Waals surface area contributed by atoms with Gasteiger partial charge in [-0.3, -0.25) is 9.59 Å². The summed E-state index contributed by atoms with van der Waals surface area (Å²) in [6.07, 6.45) is 1.27. The molecule has 0 amide bonds. The number of hydrogen-bond acceptors (Lipinski definition) is 4. The highest BCUT2D eigenvalue weighted by Crippen LogP contribution is 2.20. The van der Waals surface area contributed by atoms with Crippen LogP contribution in [0.5, 0.6) is 11.5 Å². The molecule has 0 aliphatic heterocycles. The smallest absolute Gasteiger partial charge is 0.153 e. The van der Waals surface area contributed by atoms with Gasteiger partial charge >= 0.3 is 0 Å². The normalized spacial score (nSPS) is 9.29. The first-order chi connectivity index (χ1) is 10.0. The molecule has 2 aromatic carbocycles. The van der Waals surface area contributed by atoms with Crippen molar-refractivity contribution in [2.75, 3.05) is 7.11 Å². The van der Waals surface area contributed by atoms with Gasteiger partial charge in [-0.1, -0.05) is 23.2 Å². The second kappa shape index (κ2) is 8.29. The number of phenols is 1. The van der Waals surface area contributed by atoms with Gasteiger partial charge in [0.15, 0.2) is 12.6 Å². The maximum absolute atomic E-state index is 10.4. The van der Waals surface area contributed by atoms with Crippen LogP contribution in [0.15, 0.2) is 36.4 Å². The zero-order valence-corrected chi connectivity index (χ0v) is 12.6. The van der Waals surface area contributed by atoms with Gasteiger partial charge in [0.05, 0.1) is 18.2 Å². The van der Waals surface area contributed by atoms with Crippen molar-refractivity contribution in [3.05, 3.63) is 57.6 Å². The number of rotatable bonds is 3. The molecular formula is C15H12Cl2O4. The number of aldehydes is 2. The molecule has 2 aromatic rings. The SMILES string of the molecule is COc1ccc(Cl)cc1C=O.O=Cc1cc(Cl)ccc1O. The Kier molecular flexibility index (Phi) is 6.72. The fourth-order valence-corrected chi connectivity index (χ4v) is 1.78. The predicted octanol–water partition coefficient (Wildman–Crippen LogP) is 4.02. The van der Waals surface area contributed by atoms with E-state index >= 15 is 0 Å². The molecule has 6 heteroatoms. The summed E-state index contributed by atoms with van der Waals surface area (Å²) in [6.45, 7) is 0. The second-order valence-corrected chi connectivity index (χ2v) is 4.70.